The Hall–Kier alpha value is -0.630. The van der Waals surface area contributed by atoms with Crippen LogP contribution in [0.4, 0.5) is 0 Å². The van der Waals surface area contributed by atoms with Gasteiger partial charge in [0.15, 0.2) is 5.22 Å². The summed E-state index contributed by atoms with van der Waals surface area (Å²) in [6.07, 6.45) is 2.89. The number of rotatable bonds is 0. The molecule has 3 heteroatoms. The van der Waals surface area contributed by atoms with Crippen molar-refractivity contribution in [1.29, 1.82) is 0 Å². The Labute approximate surface area is 52.6 Å². The third-order valence-corrected chi connectivity index (χ3v) is 0.993. The van der Waals surface area contributed by atoms with E-state index in [-0.39, 0.29) is 10.9 Å². The van der Waals surface area contributed by atoms with E-state index in [1.54, 1.807) is 0 Å². The van der Waals surface area contributed by atoms with Crippen LogP contribution < -0.4 is 5.73 Å². The fraction of sp³-hybridized carbons (Fsp3) is 0.200. The highest BCUT2D eigenvalue weighted by molar-refractivity contribution is 6.28. The molecule has 0 aliphatic carbocycles. The first-order valence-corrected chi connectivity index (χ1v) is 2.56. The summed E-state index contributed by atoms with van der Waals surface area (Å²) < 4.78 is 4.74. The van der Waals surface area contributed by atoms with Crippen molar-refractivity contribution in [3.63, 3.8) is 0 Å². The molecule has 1 heterocycles. The van der Waals surface area contributed by atoms with Gasteiger partial charge in [-0.25, -0.2) is 0 Å². The average Bonchev–Trinajstić information content (AvgIpc) is 1.64. The SMILES string of the molecule is [N]C1=CCOC(Cl)=C1. The quantitative estimate of drug-likeness (QED) is 0.481. The molecule has 0 amide bonds. The van der Waals surface area contributed by atoms with Crippen molar-refractivity contribution in [3.05, 3.63) is 23.1 Å². The van der Waals surface area contributed by atoms with Gasteiger partial charge in [0.2, 0.25) is 0 Å². The predicted octanol–water partition coefficient (Wildman–Crippen LogP) is 1.05. The largest absolute Gasteiger partial charge is 0.479 e. The van der Waals surface area contributed by atoms with Gasteiger partial charge in [0.05, 0.1) is 5.70 Å². The van der Waals surface area contributed by atoms with E-state index in [0.29, 0.717) is 6.61 Å². The minimum absolute atomic E-state index is 0.168. The van der Waals surface area contributed by atoms with E-state index in [9.17, 15) is 0 Å². The standard InChI is InChI=1S/C5H4ClNO/c6-5-3-4(7)1-2-8-5/h1,3H,2H2. The molecule has 1 aliphatic heterocycles. The van der Waals surface area contributed by atoms with Crippen LogP contribution in [0.15, 0.2) is 23.1 Å². The van der Waals surface area contributed by atoms with E-state index in [2.05, 4.69) is 0 Å². The molecule has 0 N–H and O–H groups in total. The summed E-state index contributed by atoms with van der Waals surface area (Å²) in [5.74, 6) is 0. The molecular formula is C5H4ClNO. The van der Waals surface area contributed by atoms with Gasteiger partial charge in [-0.3, -0.25) is 0 Å². The smallest absolute Gasteiger partial charge is 0.189 e. The molecule has 0 atom stereocenters. The van der Waals surface area contributed by atoms with Crippen LogP contribution in [0.25, 0.3) is 0 Å². The topological polar surface area (TPSA) is 31.5 Å². The maximum absolute atomic E-state index is 8.70. The van der Waals surface area contributed by atoms with Gasteiger partial charge >= 0.3 is 0 Å². The number of hydrogen-bond acceptors (Lipinski definition) is 1. The zero-order valence-corrected chi connectivity index (χ0v) is 4.85. The molecule has 0 saturated heterocycles. The van der Waals surface area contributed by atoms with Gasteiger partial charge in [0.1, 0.15) is 6.61 Å². The fourth-order valence-corrected chi connectivity index (χ4v) is 0.598. The van der Waals surface area contributed by atoms with E-state index in [4.69, 9.17) is 22.1 Å². The number of nitrogens with zero attached hydrogens (tertiary/aromatic N) is 1. The highest BCUT2D eigenvalue weighted by Gasteiger charge is 1.99. The summed E-state index contributed by atoms with van der Waals surface area (Å²) in [7, 11) is 0. The predicted molar refractivity (Wildman–Crippen MR) is 30.1 cm³/mol. The van der Waals surface area contributed by atoms with Crippen molar-refractivity contribution in [2.24, 2.45) is 0 Å². The Morgan fingerprint density at radius 3 is 2.88 bits per heavy atom. The summed E-state index contributed by atoms with van der Waals surface area (Å²) in [6.45, 7) is 0.362. The number of ether oxygens (including phenoxy) is 1. The van der Waals surface area contributed by atoms with E-state index in [1.807, 2.05) is 0 Å². The normalized spacial score (nSPS) is 18.6. The first kappa shape index (κ1) is 5.51. The lowest BCUT2D eigenvalue weighted by Gasteiger charge is -2.04. The van der Waals surface area contributed by atoms with E-state index >= 15 is 0 Å². The lowest BCUT2D eigenvalue weighted by atomic mass is 10.4. The lowest BCUT2D eigenvalue weighted by Crippen LogP contribution is -1.95. The van der Waals surface area contributed by atoms with Crippen molar-refractivity contribution in [3.8, 4) is 0 Å². The van der Waals surface area contributed by atoms with E-state index in [0.717, 1.165) is 0 Å². The molecule has 0 aromatic heterocycles. The van der Waals surface area contributed by atoms with Crippen molar-refractivity contribution in [1.82, 2.24) is 5.73 Å². The maximum Gasteiger partial charge on any atom is 0.189 e. The van der Waals surface area contributed by atoms with Crippen molar-refractivity contribution < 1.29 is 4.74 Å². The van der Waals surface area contributed by atoms with Gasteiger partial charge in [0.25, 0.3) is 0 Å². The Morgan fingerprint density at radius 1 is 1.75 bits per heavy atom. The summed E-state index contributed by atoms with van der Waals surface area (Å²) in [5, 5.41) is 0.241. The minimum atomic E-state index is 0.168. The second kappa shape index (κ2) is 2.09. The third kappa shape index (κ3) is 1.17. The Bertz CT molecular complexity index is 151. The molecule has 2 nitrogen and oxygen atoms in total. The van der Waals surface area contributed by atoms with Gasteiger partial charge in [-0.15, -0.1) is 0 Å². The molecule has 0 unspecified atom stereocenters. The molecule has 1 aliphatic rings. The fourth-order valence-electron chi connectivity index (χ4n) is 0.424. The van der Waals surface area contributed by atoms with Gasteiger partial charge in [-0.1, -0.05) is 0 Å². The van der Waals surface area contributed by atoms with Gasteiger partial charge in [-0.2, -0.15) is 5.73 Å². The molecule has 0 fully saturated rings. The van der Waals surface area contributed by atoms with Crippen LogP contribution in [0, 0.1) is 0 Å². The first-order chi connectivity index (χ1) is 3.79. The van der Waals surface area contributed by atoms with Crippen LogP contribution in [0.2, 0.25) is 0 Å². The third-order valence-electron chi connectivity index (χ3n) is 0.775. The van der Waals surface area contributed by atoms with Crippen LogP contribution in [-0.2, 0) is 4.74 Å². The molecule has 1 rings (SSSR count). The molecule has 2 radical (unpaired) electrons. The maximum atomic E-state index is 8.70. The number of allylic oxidation sites excluding steroid dienone is 1. The molecular weight excluding hydrogens is 126 g/mol. The van der Waals surface area contributed by atoms with E-state index in [1.165, 1.54) is 12.2 Å². The summed E-state index contributed by atoms with van der Waals surface area (Å²) in [4.78, 5) is 0. The second-order valence-corrected chi connectivity index (χ2v) is 1.76. The zero-order valence-electron chi connectivity index (χ0n) is 4.10. The Balaban J connectivity index is 2.69. The zero-order chi connectivity index (χ0) is 5.98. The highest BCUT2D eigenvalue weighted by atomic mass is 35.5. The minimum Gasteiger partial charge on any atom is -0.479 e. The molecule has 0 aromatic carbocycles. The molecule has 0 saturated carbocycles. The van der Waals surface area contributed by atoms with Gasteiger partial charge in [0, 0.05) is 6.08 Å². The van der Waals surface area contributed by atoms with E-state index < -0.39 is 0 Å². The van der Waals surface area contributed by atoms with Crippen LogP contribution in [-0.4, -0.2) is 6.61 Å². The van der Waals surface area contributed by atoms with Crippen LogP contribution >= 0.6 is 11.6 Å². The summed E-state index contributed by atoms with van der Waals surface area (Å²) >= 11 is 5.35. The van der Waals surface area contributed by atoms with Crippen molar-refractivity contribution >= 4 is 11.6 Å². The molecule has 0 spiro atoms. The molecule has 8 heavy (non-hydrogen) atoms. The van der Waals surface area contributed by atoms with Crippen molar-refractivity contribution in [2.45, 2.75) is 0 Å². The van der Waals surface area contributed by atoms with Crippen molar-refractivity contribution in [2.75, 3.05) is 6.61 Å². The summed E-state index contributed by atoms with van der Waals surface area (Å²) in [6, 6.07) is 0. The highest BCUT2D eigenvalue weighted by Crippen LogP contribution is 2.10. The van der Waals surface area contributed by atoms with Crippen LogP contribution in [0.5, 0.6) is 0 Å². The number of hydrogen-bond donors (Lipinski definition) is 0. The first-order valence-electron chi connectivity index (χ1n) is 2.18. The average molecular weight is 130 g/mol. The Kier molecular flexibility index (Phi) is 1.44. The molecule has 0 aromatic rings. The van der Waals surface area contributed by atoms with Crippen LogP contribution in [0.1, 0.15) is 0 Å². The Morgan fingerprint density at radius 2 is 2.50 bits per heavy atom. The number of halogens is 1. The summed E-state index contributed by atoms with van der Waals surface area (Å²) in [5.41, 5.74) is 8.87. The molecule has 42 valence electrons. The second-order valence-electron chi connectivity index (χ2n) is 1.39. The van der Waals surface area contributed by atoms with Gasteiger partial charge < -0.3 is 4.74 Å². The van der Waals surface area contributed by atoms with Gasteiger partial charge in [-0.05, 0) is 17.7 Å². The van der Waals surface area contributed by atoms with Crippen LogP contribution in [0.3, 0.4) is 0 Å². The lowest BCUT2D eigenvalue weighted by molar-refractivity contribution is 0.269. The molecule has 0 bridgehead atoms. The monoisotopic (exact) mass is 129 g/mol.